The Morgan fingerprint density at radius 3 is 2.12 bits per heavy atom. The predicted molar refractivity (Wildman–Crippen MR) is 78.3 cm³/mol. The lowest BCUT2D eigenvalue weighted by Gasteiger charge is -2.15. The van der Waals surface area contributed by atoms with Gasteiger partial charge in [-0.25, -0.2) is 0 Å². The Labute approximate surface area is 135 Å². The highest BCUT2D eigenvalue weighted by Crippen LogP contribution is 2.34. The molecule has 1 heterocycles. The van der Waals surface area contributed by atoms with Gasteiger partial charge in [-0.15, -0.1) is 0 Å². The molecule has 0 atom stereocenters. The number of alkyl halides is 3. The Bertz CT molecular complexity index is 887. The molecule has 0 aliphatic carbocycles. The van der Waals surface area contributed by atoms with Crippen LogP contribution in [0.1, 0.15) is 5.56 Å². The number of allylic oxidation sites excluding steroid dienone is 2. The lowest BCUT2D eigenvalue weighted by Crippen LogP contribution is -2.09. The molecule has 0 spiro atoms. The molecule has 0 bridgehead atoms. The molecule has 24 heavy (non-hydrogen) atoms. The Balaban J connectivity index is 2.62. The van der Waals surface area contributed by atoms with Gasteiger partial charge in [-0.3, -0.25) is 0 Å². The lowest BCUT2D eigenvalue weighted by molar-refractivity contribution is -0.137. The van der Waals surface area contributed by atoms with Crippen molar-refractivity contribution in [2.75, 3.05) is 5.32 Å². The van der Waals surface area contributed by atoms with Crippen LogP contribution in [0.3, 0.4) is 0 Å². The van der Waals surface area contributed by atoms with E-state index in [0.29, 0.717) is 5.69 Å². The number of aromatic nitrogens is 1. The summed E-state index contributed by atoms with van der Waals surface area (Å²) in [5.74, 6) is 0. The maximum Gasteiger partial charge on any atom is 0.416 e. The molecule has 8 heteroatoms. The molecule has 2 rings (SSSR count). The van der Waals surface area contributed by atoms with E-state index in [1.54, 1.807) is 30.6 Å². The Hall–Kier alpha value is -3.70. The van der Waals surface area contributed by atoms with Crippen LogP contribution in [0, 0.1) is 34.0 Å². The van der Waals surface area contributed by atoms with Crippen molar-refractivity contribution in [2.45, 2.75) is 6.18 Å². The highest BCUT2D eigenvalue weighted by Gasteiger charge is 2.31. The highest BCUT2D eigenvalue weighted by atomic mass is 19.4. The minimum absolute atomic E-state index is 0.0550. The van der Waals surface area contributed by atoms with Crippen molar-refractivity contribution in [3.05, 3.63) is 59.6 Å². The number of halogens is 3. The van der Waals surface area contributed by atoms with Gasteiger partial charge in [-0.2, -0.15) is 29.0 Å². The summed E-state index contributed by atoms with van der Waals surface area (Å²) in [7, 11) is 0. The van der Waals surface area contributed by atoms with E-state index >= 15 is 0 Å². The third-order valence-corrected chi connectivity index (χ3v) is 3.05. The summed E-state index contributed by atoms with van der Waals surface area (Å²) < 4.78 is 40.3. The number of nitriles is 3. The molecule has 0 saturated carbocycles. The Morgan fingerprint density at radius 1 is 1.00 bits per heavy atom. The minimum atomic E-state index is -4.57. The average molecular weight is 327 g/mol. The van der Waals surface area contributed by atoms with Crippen LogP contribution in [0.2, 0.25) is 0 Å². The van der Waals surface area contributed by atoms with Crippen LogP contribution in [0.25, 0.3) is 5.69 Å². The van der Waals surface area contributed by atoms with Crippen LogP contribution in [0.4, 0.5) is 18.9 Å². The van der Waals surface area contributed by atoms with E-state index in [2.05, 4.69) is 5.32 Å². The van der Waals surface area contributed by atoms with Gasteiger partial charge in [0, 0.05) is 12.4 Å². The molecule has 0 fully saturated rings. The monoisotopic (exact) mass is 327 g/mol. The molecule has 1 N–H and O–H groups in total. The number of nitrogens with one attached hydrogen (secondary N) is 1. The molecule has 0 radical (unpaired) electrons. The quantitative estimate of drug-likeness (QED) is 0.870. The van der Waals surface area contributed by atoms with Gasteiger partial charge in [0.1, 0.15) is 23.9 Å². The maximum atomic E-state index is 12.9. The van der Waals surface area contributed by atoms with Gasteiger partial charge in [0.05, 0.1) is 16.9 Å². The summed E-state index contributed by atoms with van der Waals surface area (Å²) in [6.45, 7) is 0. The van der Waals surface area contributed by atoms with Crippen LogP contribution >= 0.6 is 0 Å². The lowest BCUT2D eigenvalue weighted by atomic mass is 10.1. The standard InChI is InChI=1S/C16H8F3N5/c17-16(18,19)12-3-4-15(24-5-1-2-6-24)13(7-12)23-14(10-22)11(8-20)9-21/h1-7,23H. The number of hydrogen-bond donors (Lipinski definition) is 1. The zero-order valence-corrected chi connectivity index (χ0v) is 12.0. The van der Waals surface area contributed by atoms with Crippen molar-refractivity contribution < 1.29 is 13.2 Å². The maximum absolute atomic E-state index is 12.9. The average Bonchev–Trinajstić information content (AvgIpc) is 3.08. The molecule has 0 saturated heterocycles. The van der Waals surface area contributed by atoms with Gasteiger partial charge in [0.25, 0.3) is 0 Å². The smallest absolute Gasteiger partial charge is 0.343 e. The Kier molecular flexibility index (Phi) is 4.58. The summed E-state index contributed by atoms with van der Waals surface area (Å²) >= 11 is 0. The molecule has 0 aliphatic heterocycles. The van der Waals surface area contributed by atoms with E-state index in [9.17, 15) is 13.2 Å². The first-order chi connectivity index (χ1) is 11.4. The van der Waals surface area contributed by atoms with E-state index in [4.69, 9.17) is 15.8 Å². The number of nitrogens with zero attached hydrogens (tertiary/aromatic N) is 4. The van der Waals surface area contributed by atoms with Crippen LogP contribution in [-0.4, -0.2) is 4.57 Å². The van der Waals surface area contributed by atoms with Gasteiger partial charge in [0.2, 0.25) is 0 Å². The van der Waals surface area contributed by atoms with Crippen LogP contribution in [0.15, 0.2) is 54.0 Å². The van der Waals surface area contributed by atoms with E-state index < -0.39 is 23.0 Å². The highest BCUT2D eigenvalue weighted by molar-refractivity contribution is 5.68. The largest absolute Gasteiger partial charge is 0.416 e. The third-order valence-electron chi connectivity index (χ3n) is 3.05. The van der Waals surface area contributed by atoms with Crippen molar-refractivity contribution >= 4 is 5.69 Å². The fraction of sp³-hybridized carbons (Fsp3) is 0.0625. The second-order valence-electron chi connectivity index (χ2n) is 4.53. The van der Waals surface area contributed by atoms with Crippen LogP contribution in [-0.2, 0) is 6.18 Å². The van der Waals surface area contributed by atoms with Crippen molar-refractivity contribution in [3.63, 3.8) is 0 Å². The molecule has 5 nitrogen and oxygen atoms in total. The summed E-state index contributed by atoms with van der Waals surface area (Å²) in [4.78, 5) is 0. The fourth-order valence-corrected chi connectivity index (χ4v) is 1.95. The normalized spacial score (nSPS) is 10.2. The number of benzene rings is 1. The number of rotatable bonds is 3. The summed E-state index contributed by atoms with van der Waals surface area (Å²) in [6, 6.07) is 11.0. The van der Waals surface area contributed by atoms with Gasteiger partial charge >= 0.3 is 6.18 Å². The molecule has 0 amide bonds. The second kappa shape index (κ2) is 6.60. The summed E-state index contributed by atoms with van der Waals surface area (Å²) in [5.41, 5.74) is -1.59. The zero-order valence-electron chi connectivity index (χ0n) is 12.0. The predicted octanol–water partition coefficient (Wildman–Crippen LogP) is 3.73. The molecular weight excluding hydrogens is 319 g/mol. The zero-order chi connectivity index (χ0) is 17.7. The van der Waals surface area contributed by atoms with Crippen molar-refractivity contribution in [3.8, 4) is 23.9 Å². The fourth-order valence-electron chi connectivity index (χ4n) is 1.95. The van der Waals surface area contributed by atoms with E-state index in [0.717, 1.165) is 12.1 Å². The molecule has 118 valence electrons. The molecule has 1 aromatic carbocycles. The van der Waals surface area contributed by atoms with E-state index in [1.165, 1.54) is 22.8 Å². The molecular formula is C16H8F3N5. The Morgan fingerprint density at radius 2 is 1.62 bits per heavy atom. The van der Waals surface area contributed by atoms with Crippen molar-refractivity contribution in [1.29, 1.82) is 15.8 Å². The first-order valence-electron chi connectivity index (χ1n) is 6.47. The van der Waals surface area contributed by atoms with Gasteiger partial charge in [0.15, 0.2) is 5.57 Å². The molecule has 0 aliphatic rings. The van der Waals surface area contributed by atoms with Crippen LogP contribution < -0.4 is 5.32 Å². The van der Waals surface area contributed by atoms with Crippen molar-refractivity contribution in [2.24, 2.45) is 0 Å². The molecule has 0 unspecified atom stereocenters. The number of hydrogen-bond acceptors (Lipinski definition) is 4. The topological polar surface area (TPSA) is 88.3 Å². The SMILES string of the molecule is N#CC(C#N)=C(C#N)Nc1cc(C(F)(F)F)ccc1-n1cccc1. The molecule has 1 aromatic heterocycles. The van der Waals surface area contributed by atoms with Gasteiger partial charge in [-0.05, 0) is 30.3 Å². The van der Waals surface area contributed by atoms with E-state index in [1.807, 2.05) is 0 Å². The second-order valence-corrected chi connectivity index (χ2v) is 4.53. The minimum Gasteiger partial charge on any atom is -0.343 e. The van der Waals surface area contributed by atoms with Gasteiger partial charge < -0.3 is 9.88 Å². The summed E-state index contributed by atoms with van der Waals surface area (Å²) in [6.07, 6.45) is -1.35. The first kappa shape index (κ1) is 16.7. The first-order valence-corrected chi connectivity index (χ1v) is 6.47. The molecule has 2 aromatic rings. The van der Waals surface area contributed by atoms with Crippen molar-refractivity contribution in [1.82, 2.24) is 4.57 Å². The van der Waals surface area contributed by atoms with Crippen LogP contribution in [0.5, 0.6) is 0 Å². The third kappa shape index (κ3) is 3.37. The van der Waals surface area contributed by atoms with E-state index in [-0.39, 0.29) is 5.69 Å². The number of anilines is 1. The van der Waals surface area contributed by atoms with Gasteiger partial charge in [-0.1, -0.05) is 0 Å². The summed E-state index contributed by atoms with van der Waals surface area (Å²) in [5, 5.41) is 29.2.